The fraction of sp³-hybridized carbons (Fsp3) is 0.588. The van der Waals surface area contributed by atoms with E-state index in [1.165, 1.54) is 5.56 Å². The summed E-state index contributed by atoms with van der Waals surface area (Å²) in [5.41, 5.74) is -2.93. The number of benzene rings is 1. The smallest absolute Gasteiger partial charge is 0.356 e. The van der Waals surface area contributed by atoms with Gasteiger partial charge in [-0.25, -0.2) is 8.42 Å². The minimum atomic E-state index is -5.24. The summed E-state index contributed by atoms with van der Waals surface area (Å²) in [5, 5.41) is 6.36. The summed E-state index contributed by atoms with van der Waals surface area (Å²) in [5.74, 6) is 0.685. The van der Waals surface area contributed by atoms with Gasteiger partial charge in [0.05, 0.1) is 0 Å². The number of hydrogen-bond acceptors (Lipinski definition) is 3. The quantitative estimate of drug-likeness (QED) is 0.347. The van der Waals surface area contributed by atoms with Gasteiger partial charge in [0, 0.05) is 33.2 Å². The average molecular weight is 534 g/mol. The van der Waals surface area contributed by atoms with Crippen molar-refractivity contribution < 1.29 is 21.6 Å². The van der Waals surface area contributed by atoms with Gasteiger partial charge in [0.1, 0.15) is 0 Å². The van der Waals surface area contributed by atoms with Crippen molar-refractivity contribution in [2.75, 3.05) is 26.7 Å². The van der Waals surface area contributed by atoms with Gasteiger partial charge >= 0.3 is 15.5 Å². The summed E-state index contributed by atoms with van der Waals surface area (Å²) < 4.78 is 61.2. The summed E-state index contributed by atoms with van der Waals surface area (Å²) in [6.45, 7) is 2.91. The molecule has 28 heavy (non-hydrogen) atoms. The van der Waals surface area contributed by atoms with E-state index in [9.17, 15) is 21.6 Å². The number of guanidine groups is 1. The second-order valence-electron chi connectivity index (χ2n) is 6.53. The van der Waals surface area contributed by atoms with Gasteiger partial charge < -0.3 is 10.6 Å². The molecule has 1 saturated heterocycles. The van der Waals surface area contributed by atoms with Crippen LogP contribution in [0.1, 0.15) is 24.0 Å². The summed E-state index contributed by atoms with van der Waals surface area (Å²) >= 11 is 0. The van der Waals surface area contributed by atoms with Crippen molar-refractivity contribution in [3.05, 3.63) is 35.4 Å². The van der Waals surface area contributed by atoms with Gasteiger partial charge in [-0.3, -0.25) is 4.99 Å². The number of halogens is 4. The first kappa shape index (κ1) is 25.0. The van der Waals surface area contributed by atoms with Gasteiger partial charge in [-0.15, -0.1) is 24.0 Å². The first-order valence-electron chi connectivity index (χ1n) is 8.70. The molecule has 1 aromatic rings. The zero-order chi connectivity index (χ0) is 20.1. The second kappa shape index (κ2) is 10.6. The first-order chi connectivity index (χ1) is 12.6. The Labute approximate surface area is 181 Å². The molecule has 0 atom stereocenters. The van der Waals surface area contributed by atoms with E-state index in [0.29, 0.717) is 36.2 Å². The molecule has 0 aliphatic carbocycles. The van der Waals surface area contributed by atoms with Gasteiger partial charge in [0.25, 0.3) is 0 Å². The lowest BCUT2D eigenvalue weighted by Gasteiger charge is -2.31. The van der Waals surface area contributed by atoms with Gasteiger partial charge in [-0.05, 0) is 36.8 Å². The molecule has 1 aliphatic heterocycles. The molecule has 1 fully saturated rings. The van der Waals surface area contributed by atoms with Crippen LogP contribution in [0.15, 0.2) is 29.3 Å². The molecule has 160 valence electrons. The van der Waals surface area contributed by atoms with Crippen LogP contribution in [0.5, 0.6) is 0 Å². The minimum Gasteiger partial charge on any atom is -0.356 e. The van der Waals surface area contributed by atoms with Crippen molar-refractivity contribution in [3.63, 3.8) is 0 Å². The lowest BCUT2D eigenvalue weighted by molar-refractivity contribution is -0.0496. The summed E-state index contributed by atoms with van der Waals surface area (Å²) in [4.78, 5) is 4.14. The molecule has 2 rings (SSSR count). The number of alkyl halides is 3. The van der Waals surface area contributed by atoms with Crippen LogP contribution >= 0.6 is 24.0 Å². The molecule has 0 spiro atoms. The molecule has 0 saturated carbocycles. The number of aryl methyl sites for hydroxylation is 1. The molecule has 2 N–H and O–H groups in total. The zero-order valence-corrected chi connectivity index (χ0v) is 18.9. The van der Waals surface area contributed by atoms with Gasteiger partial charge in [-0.1, -0.05) is 24.3 Å². The topological polar surface area (TPSA) is 73.8 Å². The number of nitrogens with zero attached hydrogens (tertiary/aromatic N) is 2. The molecule has 0 unspecified atom stereocenters. The van der Waals surface area contributed by atoms with Crippen LogP contribution in [0.4, 0.5) is 13.2 Å². The maximum absolute atomic E-state index is 12.6. The van der Waals surface area contributed by atoms with Gasteiger partial charge in [0.15, 0.2) is 5.96 Å². The normalized spacial score (nSPS) is 17.1. The predicted molar refractivity (Wildman–Crippen MR) is 114 cm³/mol. The van der Waals surface area contributed by atoms with Crippen LogP contribution < -0.4 is 10.6 Å². The van der Waals surface area contributed by atoms with Crippen molar-refractivity contribution in [1.82, 2.24) is 14.9 Å². The molecule has 1 heterocycles. The Balaban J connectivity index is 0.00000392. The highest BCUT2D eigenvalue weighted by Crippen LogP contribution is 2.30. The molecular weight excluding hydrogens is 508 g/mol. The number of sulfonamides is 1. The minimum absolute atomic E-state index is 0. The third kappa shape index (κ3) is 6.48. The Morgan fingerprint density at radius 1 is 1.21 bits per heavy atom. The van der Waals surface area contributed by atoms with Gasteiger partial charge in [0.2, 0.25) is 0 Å². The van der Waals surface area contributed by atoms with E-state index in [2.05, 4.69) is 15.6 Å². The molecule has 0 aromatic heterocycles. The van der Waals surface area contributed by atoms with Crippen LogP contribution in [0.25, 0.3) is 0 Å². The third-order valence-electron chi connectivity index (χ3n) is 4.70. The third-order valence-corrected chi connectivity index (χ3v) is 6.33. The molecule has 1 aromatic carbocycles. The molecule has 0 radical (unpaired) electrons. The molecule has 1 aliphatic rings. The summed E-state index contributed by atoms with van der Waals surface area (Å²) in [6, 6.07) is 7.97. The van der Waals surface area contributed by atoms with E-state index >= 15 is 0 Å². The van der Waals surface area contributed by atoms with Crippen molar-refractivity contribution in [2.45, 2.75) is 31.8 Å². The van der Waals surface area contributed by atoms with E-state index in [4.69, 9.17) is 0 Å². The lowest BCUT2D eigenvalue weighted by atomic mass is 9.98. The van der Waals surface area contributed by atoms with Crippen LogP contribution in [0.2, 0.25) is 0 Å². The SMILES string of the molecule is CN=C(NCc1ccccc1C)NCC1CCN(S(=O)(=O)C(F)(F)F)CC1.I. The number of rotatable bonds is 5. The molecule has 0 amide bonds. The Kier molecular flexibility index (Phi) is 9.47. The number of hydrogen-bond donors (Lipinski definition) is 2. The van der Waals surface area contributed by atoms with Crippen LogP contribution in [0.3, 0.4) is 0 Å². The predicted octanol–water partition coefficient (Wildman–Crippen LogP) is 2.84. The Morgan fingerprint density at radius 3 is 2.36 bits per heavy atom. The highest BCUT2D eigenvalue weighted by atomic mass is 127. The first-order valence-corrected chi connectivity index (χ1v) is 10.1. The second-order valence-corrected chi connectivity index (χ2v) is 8.46. The molecule has 11 heteroatoms. The zero-order valence-electron chi connectivity index (χ0n) is 15.8. The molecule has 0 bridgehead atoms. The van der Waals surface area contributed by atoms with Crippen molar-refractivity contribution in [2.24, 2.45) is 10.9 Å². The summed E-state index contributed by atoms with van der Waals surface area (Å²) in [6.07, 6.45) is 0.744. The Hall–Kier alpha value is -1.08. The molecule has 6 nitrogen and oxygen atoms in total. The fourth-order valence-electron chi connectivity index (χ4n) is 2.95. The largest absolute Gasteiger partial charge is 0.511 e. The van der Waals surface area contributed by atoms with E-state index in [1.807, 2.05) is 31.2 Å². The van der Waals surface area contributed by atoms with E-state index in [-0.39, 0.29) is 43.0 Å². The summed E-state index contributed by atoms with van der Waals surface area (Å²) in [7, 11) is -3.58. The standard InChI is InChI=1S/C17H25F3N4O2S.HI/c1-13-5-3-4-6-15(13)12-23-16(21-2)22-11-14-7-9-24(10-8-14)27(25,26)17(18,19)20;/h3-6,14H,7-12H2,1-2H3,(H2,21,22,23);1H. The van der Waals surface area contributed by atoms with Crippen LogP contribution in [-0.2, 0) is 16.6 Å². The highest BCUT2D eigenvalue weighted by molar-refractivity contribution is 14.0. The number of aliphatic imine (C=N–C) groups is 1. The van der Waals surface area contributed by atoms with Crippen LogP contribution in [0, 0.1) is 12.8 Å². The average Bonchev–Trinajstić information content (AvgIpc) is 2.62. The van der Waals surface area contributed by atoms with Crippen molar-refractivity contribution in [3.8, 4) is 0 Å². The molecular formula is C17H26F3IN4O2S. The van der Waals surface area contributed by atoms with E-state index < -0.39 is 15.5 Å². The monoisotopic (exact) mass is 534 g/mol. The van der Waals surface area contributed by atoms with Crippen LogP contribution in [-0.4, -0.2) is 50.9 Å². The maximum Gasteiger partial charge on any atom is 0.511 e. The van der Waals surface area contributed by atoms with Gasteiger partial charge in [-0.2, -0.15) is 17.5 Å². The van der Waals surface area contributed by atoms with Crippen molar-refractivity contribution in [1.29, 1.82) is 0 Å². The maximum atomic E-state index is 12.6. The highest BCUT2D eigenvalue weighted by Gasteiger charge is 2.50. The number of nitrogens with one attached hydrogen (secondary N) is 2. The fourth-order valence-corrected chi connectivity index (χ4v) is 3.93. The van der Waals surface area contributed by atoms with Crippen molar-refractivity contribution >= 4 is 40.0 Å². The number of piperidine rings is 1. The lowest BCUT2D eigenvalue weighted by Crippen LogP contribution is -2.47. The van der Waals surface area contributed by atoms with E-state index in [1.54, 1.807) is 7.05 Å². The Morgan fingerprint density at radius 2 is 1.82 bits per heavy atom. The van der Waals surface area contributed by atoms with E-state index in [0.717, 1.165) is 5.56 Å². The Bertz CT molecular complexity index is 764.